The standard InChI is InChI=1S/C15H26I2O4/c16-10-8-14(18)20-12-6-4-2-1-3-5-7-13-21-15(19)9-11-17/h1-13H2. The maximum atomic E-state index is 11.1. The molecule has 0 bridgehead atoms. The summed E-state index contributed by atoms with van der Waals surface area (Å²) in [4.78, 5) is 22.2. The van der Waals surface area contributed by atoms with Gasteiger partial charge in [0, 0.05) is 8.86 Å². The summed E-state index contributed by atoms with van der Waals surface area (Å²) in [5.41, 5.74) is 0. The Hall–Kier alpha value is 0.400. The molecule has 0 spiro atoms. The number of rotatable bonds is 14. The van der Waals surface area contributed by atoms with Crippen LogP contribution in [0.2, 0.25) is 0 Å². The summed E-state index contributed by atoms with van der Waals surface area (Å²) >= 11 is 4.35. The lowest BCUT2D eigenvalue weighted by atomic mass is 10.1. The van der Waals surface area contributed by atoms with Gasteiger partial charge in [-0.15, -0.1) is 0 Å². The van der Waals surface area contributed by atoms with Crippen molar-refractivity contribution in [1.82, 2.24) is 0 Å². The number of carbonyl (C=O) groups is 2. The summed E-state index contributed by atoms with van der Waals surface area (Å²) in [6, 6.07) is 0. The van der Waals surface area contributed by atoms with Crippen LogP contribution in [-0.4, -0.2) is 34.0 Å². The topological polar surface area (TPSA) is 52.6 Å². The molecule has 0 aromatic carbocycles. The van der Waals surface area contributed by atoms with E-state index in [1.165, 1.54) is 19.3 Å². The fourth-order valence-corrected chi connectivity index (χ4v) is 2.64. The minimum atomic E-state index is -0.0819. The van der Waals surface area contributed by atoms with Gasteiger partial charge in [0.1, 0.15) is 0 Å². The van der Waals surface area contributed by atoms with Crippen LogP contribution in [0.4, 0.5) is 0 Å². The largest absolute Gasteiger partial charge is 0.466 e. The fourth-order valence-electron chi connectivity index (χ4n) is 1.76. The molecule has 0 aliphatic rings. The molecule has 0 fully saturated rings. The molecule has 124 valence electrons. The SMILES string of the molecule is O=C(CCI)OCCCCCCCCCOC(=O)CCI. The molecule has 0 aliphatic carbocycles. The number of alkyl halides is 2. The Morgan fingerprint density at radius 1 is 0.619 bits per heavy atom. The normalized spacial score (nSPS) is 10.4. The van der Waals surface area contributed by atoms with E-state index in [2.05, 4.69) is 45.2 Å². The van der Waals surface area contributed by atoms with E-state index < -0.39 is 0 Å². The quantitative estimate of drug-likeness (QED) is 0.146. The molecule has 4 nitrogen and oxygen atoms in total. The molecule has 0 saturated carbocycles. The maximum absolute atomic E-state index is 11.1. The summed E-state index contributed by atoms with van der Waals surface area (Å²) in [5, 5.41) is 0. The zero-order chi connectivity index (χ0) is 15.8. The third-order valence-corrected chi connectivity index (χ3v) is 3.99. The monoisotopic (exact) mass is 524 g/mol. The van der Waals surface area contributed by atoms with Crippen molar-refractivity contribution in [3.8, 4) is 0 Å². The van der Waals surface area contributed by atoms with Crippen molar-refractivity contribution in [1.29, 1.82) is 0 Å². The lowest BCUT2D eigenvalue weighted by molar-refractivity contribution is -0.144. The molecule has 0 saturated heterocycles. The number of carbonyl (C=O) groups excluding carboxylic acids is 2. The van der Waals surface area contributed by atoms with Gasteiger partial charge in [0.2, 0.25) is 0 Å². The van der Waals surface area contributed by atoms with Gasteiger partial charge >= 0.3 is 11.9 Å². The van der Waals surface area contributed by atoms with Gasteiger partial charge in [-0.1, -0.05) is 77.3 Å². The number of hydrogen-bond acceptors (Lipinski definition) is 4. The van der Waals surface area contributed by atoms with Crippen molar-refractivity contribution in [3.63, 3.8) is 0 Å². The first-order chi connectivity index (χ1) is 10.2. The van der Waals surface area contributed by atoms with Crippen molar-refractivity contribution < 1.29 is 19.1 Å². The van der Waals surface area contributed by atoms with E-state index >= 15 is 0 Å². The van der Waals surface area contributed by atoms with E-state index in [1.54, 1.807) is 0 Å². The van der Waals surface area contributed by atoms with Crippen LogP contribution in [0.25, 0.3) is 0 Å². The second-order valence-corrected chi connectivity index (χ2v) is 6.95. The molecule has 0 unspecified atom stereocenters. The highest BCUT2D eigenvalue weighted by atomic mass is 127. The van der Waals surface area contributed by atoms with Crippen LogP contribution in [0.3, 0.4) is 0 Å². The van der Waals surface area contributed by atoms with Crippen molar-refractivity contribution >= 4 is 57.1 Å². The van der Waals surface area contributed by atoms with Crippen LogP contribution in [0.1, 0.15) is 57.8 Å². The summed E-state index contributed by atoms with van der Waals surface area (Å²) in [5.74, 6) is -0.164. The van der Waals surface area contributed by atoms with Crippen LogP contribution in [0.5, 0.6) is 0 Å². The van der Waals surface area contributed by atoms with Crippen LogP contribution in [0, 0.1) is 0 Å². The first-order valence-electron chi connectivity index (χ1n) is 7.64. The second kappa shape index (κ2) is 16.8. The van der Waals surface area contributed by atoms with Gasteiger partial charge in [-0.05, 0) is 12.8 Å². The van der Waals surface area contributed by atoms with Crippen molar-refractivity contribution in [2.75, 3.05) is 22.1 Å². The molecule has 0 aliphatic heterocycles. The Morgan fingerprint density at radius 2 is 0.952 bits per heavy atom. The van der Waals surface area contributed by atoms with Crippen molar-refractivity contribution in [2.24, 2.45) is 0 Å². The summed E-state index contributed by atoms with van der Waals surface area (Å²) in [6.45, 7) is 1.12. The first-order valence-corrected chi connectivity index (χ1v) is 10.7. The van der Waals surface area contributed by atoms with Gasteiger partial charge in [-0.2, -0.15) is 0 Å². The molecule has 0 rings (SSSR count). The lowest BCUT2D eigenvalue weighted by Crippen LogP contribution is -2.06. The molecule has 0 atom stereocenters. The van der Waals surface area contributed by atoms with Gasteiger partial charge in [-0.3, -0.25) is 9.59 Å². The van der Waals surface area contributed by atoms with Crippen LogP contribution >= 0.6 is 45.2 Å². The third-order valence-electron chi connectivity index (χ3n) is 2.91. The highest BCUT2D eigenvalue weighted by Gasteiger charge is 2.01. The van der Waals surface area contributed by atoms with Gasteiger partial charge < -0.3 is 9.47 Å². The van der Waals surface area contributed by atoms with Crippen LogP contribution < -0.4 is 0 Å². The molecule has 0 radical (unpaired) electrons. The van der Waals surface area contributed by atoms with Crippen molar-refractivity contribution in [3.05, 3.63) is 0 Å². The molecule has 0 aromatic heterocycles. The average molecular weight is 524 g/mol. The third kappa shape index (κ3) is 16.6. The number of halogens is 2. The Kier molecular flexibility index (Phi) is 17.1. The van der Waals surface area contributed by atoms with Gasteiger partial charge in [0.25, 0.3) is 0 Å². The summed E-state index contributed by atoms with van der Waals surface area (Å²) in [7, 11) is 0. The average Bonchev–Trinajstić information content (AvgIpc) is 2.45. The number of ether oxygens (including phenoxy) is 2. The molecule has 6 heteroatoms. The zero-order valence-corrected chi connectivity index (χ0v) is 16.9. The molecule has 0 aromatic rings. The first kappa shape index (κ1) is 21.4. The minimum Gasteiger partial charge on any atom is -0.466 e. The Balaban J connectivity index is 3.12. The Bertz CT molecular complexity index is 246. The van der Waals surface area contributed by atoms with E-state index in [-0.39, 0.29) is 11.9 Å². The number of esters is 2. The predicted octanol–water partition coefficient (Wildman–Crippen LogP) is 4.45. The van der Waals surface area contributed by atoms with Crippen LogP contribution in [-0.2, 0) is 19.1 Å². The van der Waals surface area contributed by atoms with E-state index in [1.807, 2.05) is 0 Å². The minimum absolute atomic E-state index is 0.0819. The predicted molar refractivity (Wildman–Crippen MR) is 101 cm³/mol. The lowest BCUT2D eigenvalue weighted by Gasteiger charge is -2.05. The zero-order valence-electron chi connectivity index (χ0n) is 12.6. The molecule has 0 N–H and O–H groups in total. The summed E-state index contributed by atoms with van der Waals surface area (Å²) < 4.78 is 11.8. The molecular weight excluding hydrogens is 498 g/mol. The van der Waals surface area contributed by atoms with Crippen molar-refractivity contribution in [2.45, 2.75) is 57.8 Å². The number of unbranched alkanes of at least 4 members (excludes halogenated alkanes) is 6. The van der Waals surface area contributed by atoms with Gasteiger partial charge in [-0.25, -0.2) is 0 Å². The highest BCUT2D eigenvalue weighted by molar-refractivity contribution is 14.1. The Morgan fingerprint density at radius 3 is 1.29 bits per heavy atom. The highest BCUT2D eigenvalue weighted by Crippen LogP contribution is 2.08. The van der Waals surface area contributed by atoms with E-state index in [9.17, 15) is 9.59 Å². The van der Waals surface area contributed by atoms with Gasteiger partial charge in [0.05, 0.1) is 26.1 Å². The van der Waals surface area contributed by atoms with E-state index in [0.717, 1.165) is 34.5 Å². The van der Waals surface area contributed by atoms with Gasteiger partial charge in [0.15, 0.2) is 0 Å². The van der Waals surface area contributed by atoms with Crippen LogP contribution in [0.15, 0.2) is 0 Å². The fraction of sp³-hybridized carbons (Fsp3) is 0.867. The van der Waals surface area contributed by atoms with E-state index in [4.69, 9.17) is 9.47 Å². The molecule has 21 heavy (non-hydrogen) atoms. The summed E-state index contributed by atoms with van der Waals surface area (Å²) in [6.07, 6.45) is 8.73. The molecule has 0 heterocycles. The molecule has 0 amide bonds. The number of hydrogen-bond donors (Lipinski definition) is 0. The molecular formula is C15H26I2O4. The van der Waals surface area contributed by atoms with E-state index in [0.29, 0.717) is 26.1 Å². The second-order valence-electron chi connectivity index (χ2n) is 4.79. The maximum Gasteiger partial charge on any atom is 0.306 e. The Labute approximate surface area is 155 Å². The smallest absolute Gasteiger partial charge is 0.306 e.